The second-order valence-electron chi connectivity index (χ2n) is 5.11. The predicted octanol–water partition coefficient (Wildman–Crippen LogP) is 2.31. The van der Waals surface area contributed by atoms with Crippen LogP contribution in [0.2, 0.25) is 0 Å². The SMILES string of the molecule is CN1CCC(CN(C)C(=O)c2ccc(I)cc2)C1. The van der Waals surface area contributed by atoms with E-state index in [9.17, 15) is 4.79 Å². The normalized spacial score (nSPS) is 20.1. The second-order valence-corrected chi connectivity index (χ2v) is 6.36. The molecule has 0 N–H and O–H groups in total. The van der Waals surface area contributed by atoms with E-state index in [-0.39, 0.29) is 5.91 Å². The Balaban J connectivity index is 1.94. The highest BCUT2D eigenvalue weighted by Crippen LogP contribution is 2.16. The molecule has 1 aromatic rings. The molecule has 2 rings (SSSR count). The van der Waals surface area contributed by atoms with E-state index in [0.29, 0.717) is 5.92 Å². The molecular weight excluding hydrogens is 339 g/mol. The van der Waals surface area contributed by atoms with Crippen molar-refractivity contribution in [3.05, 3.63) is 33.4 Å². The van der Waals surface area contributed by atoms with E-state index >= 15 is 0 Å². The Kier molecular flexibility index (Phi) is 4.61. The van der Waals surface area contributed by atoms with Crippen LogP contribution in [-0.4, -0.2) is 49.4 Å². The van der Waals surface area contributed by atoms with Gasteiger partial charge in [0, 0.05) is 29.3 Å². The number of halogens is 1. The van der Waals surface area contributed by atoms with Crippen LogP contribution in [0.5, 0.6) is 0 Å². The number of hydrogen-bond donors (Lipinski definition) is 0. The van der Waals surface area contributed by atoms with Crippen molar-refractivity contribution in [1.82, 2.24) is 9.80 Å². The zero-order valence-corrected chi connectivity index (χ0v) is 13.1. The summed E-state index contributed by atoms with van der Waals surface area (Å²) in [6, 6.07) is 7.76. The molecule has 0 spiro atoms. The van der Waals surface area contributed by atoms with Crippen molar-refractivity contribution in [3.8, 4) is 0 Å². The van der Waals surface area contributed by atoms with Gasteiger partial charge in [0.05, 0.1) is 0 Å². The highest BCUT2D eigenvalue weighted by atomic mass is 127. The van der Waals surface area contributed by atoms with Crippen molar-refractivity contribution in [3.63, 3.8) is 0 Å². The zero-order chi connectivity index (χ0) is 13.1. The van der Waals surface area contributed by atoms with Crippen molar-refractivity contribution in [2.75, 3.05) is 33.7 Å². The fraction of sp³-hybridized carbons (Fsp3) is 0.500. The molecule has 1 heterocycles. The van der Waals surface area contributed by atoms with Gasteiger partial charge in [0.2, 0.25) is 0 Å². The molecule has 0 aliphatic carbocycles. The molecule has 4 heteroatoms. The van der Waals surface area contributed by atoms with E-state index in [1.807, 2.05) is 36.2 Å². The first-order valence-electron chi connectivity index (χ1n) is 6.26. The standard InChI is InChI=1S/C14H19IN2O/c1-16-8-7-11(9-16)10-17(2)14(18)12-3-5-13(15)6-4-12/h3-6,11H,7-10H2,1-2H3. The smallest absolute Gasteiger partial charge is 0.253 e. The number of rotatable bonds is 3. The largest absolute Gasteiger partial charge is 0.341 e. The maximum Gasteiger partial charge on any atom is 0.253 e. The van der Waals surface area contributed by atoms with Gasteiger partial charge in [0.1, 0.15) is 0 Å². The molecule has 0 saturated carbocycles. The van der Waals surface area contributed by atoms with E-state index < -0.39 is 0 Å². The second kappa shape index (κ2) is 6.02. The fourth-order valence-electron chi connectivity index (χ4n) is 2.46. The summed E-state index contributed by atoms with van der Waals surface area (Å²) >= 11 is 2.25. The van der Waals surface area contributed by atoms with Crippen molar-refractivity contribution in [1.29, 1.82) is 0 Å². The van der Waals surface area contributed by atoms with E-state index in [2.05, 4.69) is 34.5 Å². The monoisotopic (exact) mass is 358 g/mol. The molecule has 1 saturated heterocycles. The van der Waals surface area contributed by atoms with Gasteiger partial charge >= 0.3 is 0 Å². The number of carbonyl (C=O) groups excluding carboxylic acids is 1. The Morgan fingerprint density at radius 3 is 2.67 bits per heavy atom. The lowest BCUT2D eigenvalue weighted by molar-refractivity contribution is 0.0774. The number of nitrogens with zero attached hydrogens (tertiary/aromatic N) is 2. The van der Waals surface area contributed by atoms with Gasteiger partial charge in [0.15, 0.2) is 0 Å². The average Bonchev–Trinajstić information content (AvgIpc) is 2.75. The molecule has 1 atom stereocenters. The van der Waals surface area contributed by atoms with Gasteiger partial charge in [-0.3, -0.25) is 4.79 Å². The number of amides is 1. The van der Waals surface area contributed by atoms with Gasteiger partial charge in [-0.15, -0.1) is 0 Å². The summed E-state index contributed by atoms with van der Waals surface area (Å²) in [6.07, 6.45) is 1.20. The quantitative estimate of drug-likeness (QED) is 0.775. The first-order chi connectivity index (χ1) is 8.56. The number of likely N-dealkylation sites (tertiary alicyclic amines) is 1. The van der Waals surface area contributed by atoms with Gasteiger partial charge in [-0.2, -0.15) is 0 Å². The van der Waals surface area contributed by atoms with Gasteiger partial charge in [-0.1, -0.05) is 0 Å². The summed E-state index contributed by atoms with van der Waals surface area (Å²) < 4.78 is 1.16. The average molecular weight is 358 g/mol. The van der Waals surface area contributed by atoms with Crippen LogP contribution >= 0.6 is 22.6 Å². The van der Waals surface area contributed by atoms with Crippen LogP contribution in [0.15, 0.2) is 24.3 Å². The molecular formula is C14H19IN2O. The van der Waals surface area contributed by atoms with Crippen LogP contribution in [0.3, 0.4) is 0 Å². The molecule has 1 aliphatic rings. The molecule has 1 amide bonds. The molecule has 18 heavy (non-hydrogen) atoms. The summed E-state index contributed by atoms with van der Waals surface area (Å²) in [5.74, 6) is 0.744. The van der Waals surface area contributed by atoms with E-state index in [1.165, 1.54) is 6.42 Å². The Morgan fingerprint density at radius 1 is 1.44 bits per heavy atom. The maximum atomic E-state index is 12.2. The van der Waals surface area contributed by atoms with Crippen molar-refractivity contribution >= 4 is 28.5 Å². The van der Waals surface area contributed by atoms with Gasteiger partial charge in [-0.25, -0.2) is 0 Å². The van der Waals surface area contributed by atoms with Crippen molar-refractivity contribution < 1.29 is 4.79 Å². The first-order valence-corrected chi connectivity index (χ1v) is 7.33. The lowest BCUT2D eigenvalue weighted by atomic mass is 10.1. The highest BCUT2D eigenvalue weighted by Gasteiger charge is 2.22. The van der Waals surface area contributed by atoms with Crippen LogP contribution in [0.4, 0.5) is 0 Å². The maximum absolute atomic E-state index is 12.2. The number of hydrogen-bond acceptors (Lipinski definition) is 2. The number of carbonyl (C=O) groups is 1. The van der Waals surface area contributed by atoms with E-state index in [0.717, 1.165) is 28.8 Å². The lowest BCUT2D eigenvalue weighted by Gasteiger charge is -2.21. The molecule has 1 fully saturated rings. The third-order valence-electron chi connectivity index (χ3n) is 3.46. The molecule has 3 nitrogen and oxygen atoms in total. The van der Waals surface area contributed by atoms with Crippen LogP contribution in [0.25, 0.3) is 0 Å². The third-order valence-corrected chi connectivity index (χ3v) is 4.18. The zero-order valence-electron chi connectivity index (χ0n) is 10.9. The summed E-state index contributed by atoms with van der Waals surface area (Å²) in [5.41, 5.74) is 0.782. The molecule has 0 aromatic heterocycles. The minimum absolute atomic E-state index is 0.126. The predicted molar refractivity (Wildman–Crippen MR) is 81.7 cm³/mol. The Morgan fingerprint density at radius 2 is 2.11 bits per heavy atom. The minimum Gasteiger partial charge on any atom is -0.341 e. The number of benzene rings is 1. The Labute approximate surface area is 122 Å². The van der Waals surface area contributed by atoms with Gasteiger partial charge < -0.3 is 9.80 Å². The molecule has 0 bridgehead atoms. The van der Waals surface area contributed by atoms with Gasteiger partial charge in [0.25, 0.3) is 5.91 Å². The summed E-state index contributed by atoms with van der Waals surface area (Å²) in [4.78, 5) is 16.4. The Hall–Kier alpha value is -0.620. The van der Waals surface area contributed by atoms with Crippen molar-refractivity contribution in [2.45, 2.75) is 6.42 Å². The third kappa shape index (κ3) is 3.45. The van der Waals surface area contributed by atoms with E-state index in [4.69, 9.17) is 0 Å². The minimum atomic E-state index is 0.126. The molecule has 1 aromatic carbocycles. The van der Waals surface area contributed by atoms with Crippen molar-refractivity contribution in [2.24, 2.45) is 5.92 Å². The molecule has 98 valence electrons. The van der Waals surface area contributed by atoms with Crippen LogP contribution in [0.1, 0.15) is 16.8 Å². The first kappa shape index (κ1) is 13.8. The molecule has 1 unspecified atom stereocenters. The van der Waals surface area contributed by atoms with Gasteiger partial charge in [-0.05, 0) is 72.8 Å². The topological polar surface area (TPSA) is 23.6 Å². The van der Waals surface area contributed by atoms with Crippen LogP contribution < -0.4 is 0 Å². The summed E-state index contributed by atoms with van der Waals surface area (Å²) in [5, 5.41) is 0. The molecule has 1 aliphatic heterocycles. The highest BCUT2D eigenvalue weighted by molar-refractivity contribution is 14.1. The van der Waals surface area contributed by atoms with Crippen LogP contribution in [0, 0.1) is 9.49 Å². The lowest BCUT2D eigenvalue weighted by Crippen LogP contribution is -2.32. The fourth-order valence-corrected chi connectivity index (χ4v) is 2.82. The summed E-state index contributed by atoms with van der Waals surface area (Å²) in [6.45, 7) is 3.11. The Bertz CT molecular complexity index is 418. The van der Waals surface area contributed by atoms with E-state index in [1.54, 1.807) is 0 Å². The van der Waals surface area contributed by atoms with Crippen LogP contribution in [-0.2, 0) is 0 Å². The molecule has 0 radical (unpaired) electrons. The summed E-state index contributed by atoms with van der Waals surface area (Å²) in [7, 11) is 4.04.